The molecule has 0 aliphatic carbocycles. The van der Waals surface area contributed by atoms with Gasteiger partial charge < -0.3 is 20.3 Å². The Kier molecular flexibility index (Phi) is 9.85. The molecular weight excluding hydrogens is 542 g/mol. The molecule has 1 unspecified atom stereocenters. The number of nitrogens with zero attached hydrogens (tertiary/aromatic N) is 3. The summed E-state index contributed by atoms with van der Waals surface area (Å²) < 4.78 is 5.85. The highest BCUT2D eigenvalue weighted by Crippen LogP contribution is 2.32. The predicted octanol–water partition coefficient (Wildman–Crippen LogP) is 4.47. The number of ether oxygens (including phenoxy) is 1. The molecule has 41 heavy (non-hydrogen) atoms. The minimum Gasteiger partial charge on any atom is -0.492 e. The summed E-state index contributed by atoms with van der Waals surface area (Å²) in [6, 6.07) is 13.5. The highest BCUT2D eigenvalue weighted by molar-refractivity contribution is 7.14. The highest BCUT2D eigenvalue weighted by atomic mass is 32.1. The lowest BCUT2D eigenvalue weighted by Gasteiger charge is -2.29. The summed E-state index contributed by atoms with van der Waals surface area (Å²) in [5.41, 5.74) is 1.60. The smallest absolute Gasteiger partial charge is 0.325 e. The zero-order valence-electron chi connectivity index (χ0n) is 23.6. The Balaban J connectivity index is 1.54. The molecule has 0 spiro atoms. The lowest BCUT2D eigenvalue weighted by atomic mass is 9.91. The average Bonchev–Trinajstić information content (AvgIpc) is 3.56. The second-order valence-corrected chi connectivity index (χ2v) is 10.6. The highest BCUT2D eigenvalue weighted by Gasteiger charge is 2.47. The monoisotopic (exact) mass is 577 g/mol. The van der Waals surface area contributed by atoms with Crippen molar-refractivity contribution in [2.45, 2.75) is 45.7 Å². The van der Waals surface area contributed by atoms with Gasteiger partial charge in [0, 0.05) is 24.8 Å². The maximum atomic E-state index is 13.7. The van der Waals surface area contributed by atoms with Crippen LogP contribution in [0.5, 0.6) is 5.75 Å². The van der Waals surface area contributed by atoms with Crippen LogP contribution in [0.3, 0.4) is 0 Å². The summed E-state index contributed by atoms with van der Waals surface area (Å²) in [5.74, 6) is -1.20. The third-order valence-corrected chi connectivity index (χ3v) is 7.95. The van der Waals surface area contributed by atoms with Crippen molar-refractivity contribution in [1.29, 1.82) is 0 Å². The number of benzene rings is 2. The van der Waals surface area contributed by atoms with E-state index in [2.05, 4.69) is 34.4 Å². The van der Waals surface area contributed by atoms with Gasteiger partial charge in [0.1, 0.15) is 30.1 Å². The lowest BCUT2D eigenvalue weighted by Crippen LogP contribution is -2.50. The van der Waals surface area contributed by atoms with Crippen molar-refractivity contribution in [3.05, 3.63) is 76.8 Å². The summed E-state index contributed by atoms with van der Waals surface area (Å²) >= 11 is 1.10. The van der Waals surface area contributed by atoms with Crippen molar-refractivity contribution in [1.82, 2.24) is 20.1 Å². The van der Waals surface area contributed by atoms with Gasteiger partial charge >= 0.3 is 6.03 Å². The number of urea groups is 1. The first-order chi connectivity index (χ1) is 19.7. The van der Waals surface area contributed by atoms with Crippen molar-refractivity contribution in [2.75, 3.05) is 31.6 Å². The van der Waals surface area contributed by atoms with E-state index in [0.717, 1.165) is 41.4 Å². The van der Waals surface area contributed by atoms with Crippen LogP contribution in [-0.2, 0) is 9.59 Å². The minimum absolute atomic E-state index is 0.214. The first-order valence-electron chi connectivity index (χ1n) is 13.6. The molecule has 3 aromatic rings. The van der Waals surface area contributed by atoms with Crippen LogP contribution in [0, 0.1) is 0 Å². The van der Waals surface area contributed by atoms with Gasteiger partial charge in [0.05, 0.1) is 0 Å². The number of aromatic nitrogens is 1. The molecule has 1 saturated heterocycles. The van der Waals surface area contributed by atoms with Gasteiger partial charge in [-0.2, -0.15) is 0 Å². The van der Waals surface area contributed by atoms with Crippen LogP contribution in [0.25, 0.3) is 0 Å². The number of Topliss-reactive ketones (excluding diaryl/α,β-unsaturated/α-hetero) is 1. The first-order valence-corrected chi connectivity index (χ1v) is 14.5. The summed E-state index contributed by atoms with van der Waals surface area (Å²) in [5, 5.41) is 7.21. The molecule has 1 aliphatic rings. The second-order valence-electron chi connectivity index (χ2n) is 9.76. The number of amides is 4. The molecule has 4 amide bonds. The Labute approximate surface area is 243 Å². The van der Waals surface area contributed by atoms with Crippen molar-refractivity contribution in [3.63, 3.8) is 0 Å². The van der Waals surface area contributed by atoms with Gasteiger partial charge in [-0.1, -0.05) is 63.2 Å². The van der Waals surface area contributed by atoms with Crippen LogP contribution < -0.4 is 15.4 Å². The number of imide groups is 1. The SMILES string of the molecule is CCN(CC)CCOc1ccc([C@H]2NC(=O)N(C(C(=O)Nc3nc(C(C)=O)cs3)[C@@H](C)c3ccccc3)C2=O)cc1. The molecule has 0 bridgehead atoms. The number of anilines is 1. The quantitative estimate of drug-likeness (QED) is 0.227. The Morgan fingerprint density at radius 2 is 1.78 bits per heavy atom. The van der Waals surface area contributed by atoms with Crippen LogP contribution in [0.2, 0.25) is 0 Å². The molecule has 1 aliphatic heterocycles. The fourth-order valence-corrected chi connectivity index (χ4v) is 5.50. The molecule has 3 atom stereocenters. The summed E-state index contributed by atoms with van der Waals surface area (Å²) in [7, 11) is 0. The third kappa shape index (κ3) is 6.98. The summed E-state index contributed by atoms with van der Waals surface area (Å²) in [6.45, 7) is 10.6. The number of carbonyl (C=O) groups excluding carboxylic acids is 4. The number of thiazole rings is 1. The lowest BCUT2D eigenvalue weighted by molar-refractivity contribution is -0.134. The van der Waals surface area contributed by atoms with E-state index in [4.69, 9.17) is 4.74 Å². The van der Waals surface area contributed by atoms with Gasteiger partial charge in [-0.25, -0.2) is 14.7 Å². The summed E-state index contributed by atoms with van der Waals surface area (Å²) in [4.78, 5) is 59.7. The molecule has 2 aromatic carbocycles. The van der Waals surface area contributed by atoms with E-state index in [0.29, 0.717) is 17.9 Å². The molecule has 2 heterocycles. The van der Waals surface area contributed by atoms with Gasteiger partial charge in [0.25, 0.3) is 5.91 Å². The van der Waals surface area contributed by atoms with Crippen molar-refractivity contribution in [3.8, 4) is 5.75 Å². The topological polar surface area (TPSA) is 121 Å². The second kappa shape index (κ2) is 13.5. The number of carbonyl (C=O) groups is 4. The normalized spacial score (nSPS) is 16.4. The number of ketones is 1. The summed E-state index contributed by atoms with van der Waals surface area (Å²) in [6.07, 6.45) is 0. The fourth-order valence-electron chi connectivity index (χ4n) is 4.75. The van der Waals surface area contributed by atoms with Gasteiger partial charge in [0.15, 0.2) is 10.9 Å². The largest absolute Gasteiger partial charge is 0.492 e. The number of hydrogen-bond donors (Lipinski definition) is 2. The zero-order valence-corrected chi connectivity index (χ0v) is 24.4. The van der Waals surface area contributed by atoms with Crippen molar-refractivity contribution in [2.24, 2.45) is 0 Å². The number of hydrogen-bond acceptors (Lipinski definition) is 8. The van der Waals surface area contributed by atoms with Crippen molar-refractivity contribution < 1.29 is 23.9 Å². The maximum absolute atomic E-state index is 13.7. The van der Waals surface area contributed by atoms with E-state index < -0.39 is 35.8 Å². The van der Waals surface area contributed by atoms with E-state index in [9.17, 15) is 19.2 Å². The average molecular weight is 578 g/mol. The van der Waals surface area contributed by atoms with Gasteiger partial charge in [-0.05, 0) is 36.3 Å². The van der Waals surface area contributed by atoms with Crippen LogP contribution in [0.1, 0.15) is 61.3 Å². The van der Waals surface area contributed by atoms with Crippen LogP contribution in [-0.4, -0.2) is 70.7 Å². The zero-order chi connectivity index (χ0) is 29.5. The number of nitrogens with one attached hydrogen (secondary N) is 2. The predicted molar refractivity (Wildman–Crippen MR) is 157 cm³/mol. The molecular formula is C30H35N5O5S. The van der Waals surface area contributed by atoms with Crippen molar-refractivity contribution >= 4 is 40.1 Å². The fraction of sp³-hybridized carbons (Fsp3) is 0.367. The van der Waals surface area contributed by atoms with Crippen LogP contribution >= 0.6 is 11.3 Å². The number of likely N-dealkylation sites (N-methyl/N-ethyl adjacent to an activating group) is 1. The molecule has 0 saturated carbocycles. The van der Waals surface area contributed by atoms with Crippen LogP contribution in [0.4, 0.5) is 9.93 Å². The maximum Gasteiger partial charge on any atom is 0.325 e. The van der Waals surface area contributed by atoms with Gasteiger partial charge in [-0.3, -0.25) is 14.4 Å². The molecule has 216 valence electrons. The van der Waals surface area contributed by atoms with Gasteiger partial charge in [0.2, 0.25) is 5.91 Å². The van der Waals surface area contributed by atoms with Crippen LogP contribution in [0.15, 0.2) is 60.0 Å². The van der Waals surface area contributed by atoms with E-state index in [-0.39, 0.29) is 16.6 Å². The standard InChI is InChI=1S/C30H35N5O5S/c1-5-34(6-2)16-17-40-23-14-12-22(13-15-23)25-28(38)35(30(39)32-25)26(19(3)21-10-8-7-9-11-21)27(37)33-29-31-24(18-41-29)20(4)36/h7-15,18-19,25-26H,5-6,16-17H2,1-4H3,(H,32,39)(H,31,33,37)/t19-,25+,26?/m0/s1. The minimum atomic E-state index is -1.16. The Morgan fingerprint density at radius 1 is 1.10 bits per heavy atom. The van der Waals surface area contributed by atoms with E-state index in [1.807, 2.05) is 30.3 Å². The molecule has 4 rings (SSSR count). The molecule has 0 radical (unpaired) electrons. The third-order valence-electron chi connectivity index (χ3n) is 7.20. The Morgan fingerprint density at radius 3 is 2.39 bits per heavy atom. The van der Waals surface area contributed by atoms with E-state index in [1.54, 1.807) is 36.6 Å². The number of rotatable bonds is 13. The molecule has 1 fully saturated rings. The molecule has 1 aromatic heterocycles. The molecule has 2 N–H and O–H groups in total. The van der Waals surface area contributed by atoms with E-state index in [1.165, 1.54) is 6.92 Å². The first kappa shape index (κ1) is 29.9. The Hall–Kier alpha value is -4.09. The molecule has 11 heteroatoms. The Bertz CT molecular complexity index is 1370. The molecule has 10 nitrogen and oxygen atoms in total. The van der Waals surface area contributed by atoms with Gasteiger partial charge in [-0.15, -0.1) is 11.3 Å². The van der Waals surface area contributed by atoms with E-state index >= 15 is 0 Å².